The molecule has 5 heteroatoms. The van der Waals surface area contributed by atoms with Crippen LogP contribution in [0.4, 0.5) is 17.1 Å². The van der Waals surface area contributed by atoms with Crippen LogP contribution in [0.15, 0.2) is 66.9 Å². The largest absolute Gasteiger partial charge is 0.497 e. The topological polar surface area (TPSA) is 63.2 Å². The maximum absolute atomic E-state index is 12.3. The van der Waals surface area contributed by atoms with Gasteiger partial charge in [-0.3, -0.25) is 4.79 Å². The van der Waals surface area contributed by atoms with Crippen LogP contribution in [0.2, 0.25) is 0 Å². The Morgan fingerprint density at radius 2 is 1.72 bits per heavy atom. The molecule has 0 radical (unpaired) electrons. The van der Waals surface area contributed by atoms with E-state index in [0.29, 0.717) is 17.1 Å². The summed E-state index contributed by atoms with van der Waals surface area (Å²) in [6, 6.07) is 18.8. The van der Waals surface area contributed by atoms with E-state index in [1.165, 1.54) is 5.56 Å². The van der Waals surface area contributed by atoms with Crippen LogP contribution in [-0.4, -0.2) is 18.0 Å². The molecule has 25 heavy (non-hydrogen) atoms. The zero-order valence-electron chi connectivity index (χ0n) is 14.1. The Bertz CT molecular complexity index is 859. The summed E-state index contributed by atoms with van der Waals surface area (Å²) in [5.74, 6) is 0.415. The van der Waals surface area contributed by atoms with Crippen molar-refractivity contribution in [3.63, 3.8) is 0 Å². The van der Waals surface area contributed by atoms with Gasteiger partial charge in [0.15, 0.2) is 0 Å². The fourth-order valence-corrected chi connectivity index (χ4v) is 2.30. The van der Waals surface area contributed by atoms with Crippen LogP contribution in [0.25, 0.3) is 0 Å². The van der Waals surface area contributed by atoms with Gasteiger partial charge >= 0.3 is 0 Å². The minimum Gasteiger partial charge on any atom is -0.497 e. The van der Waals surface area contributed by atoms with Gasteiger partial charge in [0.1, 0.15) is 11.4 Å². The van der Waals surface area contributed by atoms with Gasteiger partial charge in [-0.05, 0) is 43.3 Å². The van der Waals surface area contributed by atoms with Gasteiger partial charge in [0.2, 0.25) is 0 Å². The van der Waals surface area contributed by atoms with Crippen LogP contribution in [-0.2, 0) is 0 Å². The van der Waals surface area contributed by atoms with E-state index in [2.05, 4.69) is 15.6 Å². The van der Waals surface area contributed by atoms with Crippen LogP contribution in [0.1, 0.15) is 16.1 Å². The summed E-state index contributed by atoms with van der Waals surface area (Å²) in [5.41, 5.74) is 4.00. The molecule has 0 spiro atoms. The molecule has 0 saturated heterocycles. The molecule has 0 atom stereocenters. The second-order valence-electron chi connectivity index (χ2n) is 5.61. The van der Waals surface area contributed by atoms with E-state index in [1.807, 2.05) is 49.4 Å². The molecule has 2 N–H and O–H groups in total. The first-order valence-corrected chi connectivity index (χ1v) is 7.89. The van der Waals surface area contributed by atoms with Gasteiger partial charge in [-0.15, -0.1) is 0 Å². The van der Waals surface area contributed by atoms with Gasteiger partial charge in [-0.25, -0.2) is 4.98 Å². The van der Waals surface area contributed by atoms with Crippen molar-refractivity contribution < 1.29 is 9.53 Å². The Labute approximate surface area is 146 Å². The summed E-state index contributed by atoms with van der Waals surface area (Å²) >= 11 is 0. The first kappa shape index (κ1) is 16.5. The number of aromatic nitrogens is 1. The number of rotatable bonds is 5. The Kier molecular flexibility index (Phi) is 4.95. The van der Waals surface area contributed by atoms with Crippen LogP contribution >= 0.6 is 0 Å². The average Bonchev–Trinajstić information content (AvgIpc) is 2.64. The van der Waals surface area contributed by atoms with Crippen molar-refractivity contribution in [3.05, 3.63) is 78.1 Å². The van der Waals surface area contributed by atoms with Crippen molar-refractivity contribution in [1.82, 2.24) is 4.98 Å². The Hall–Kier alpha value is -3.34. The van der Waals surface area contributed by atoms with Crippen LogP contribution in [0.3, 0.4) is 0 Å². The molecule has 0 saturated carbocycles. The molecule has 0 bridgehead atoms. The zero-order valence-corrected chi connectivity index (χ0v) is 14.1. The van der Waals surface area contributed by atoms with Gasteiger partial charge in [0.25, 0.3) is 5.91 Å². The van der Waals surface area contributed by atoms with Gasteiger partial charge in [-0.1, -0.05) is 23.8 Å². The van der Waals surface area contributed by atoms with Gasteiger partial charge in [0, 0.05) is 17.4 Å². The van der Waals surface area contributed by atoms with Crippen molar-refractivity contribution in [2.75, 3.05) is 17.7 Å². The standard InChI is InChI=1S/C20H19N3O2/c1-14-6-8-15(9-7-14)22-17-10-11-19(21-13-17)20(24)23-16-4-3-5-18(12-16)25-2/h3-13,22H,1-2H3,(H,23,24). The number of carbonyl (C=O) groups excluding carboxylic acids is 1. The number of hydrogen-bond donors (Lipinski definition) is 2. The van der Waals surface area contributed by atoms with Crippen LogP contribution in [0.5, 0.6) is 5.75 Å². The summed E-state index contributed by atoms with van der Waals surface area (Å²) in [7, 11) is 1.59. The van der Waals surface area contributed by atoms with E-state index in [0.717, 1.165) is 11.4 Å². The van der Waals surface area contributed by atoms with Gasteiger partial charge in [-0.2, -0.15) is 0 Å². The number of ether oxygens (including phenoxy) is 1. The lowest BCUT2D eigenvalue weighted by Crippen LogP contribution is -2.13. The van der Waals surface area contributed by atoms with Crippen molar-refractivity contribution in [1.29, 1.82) is 0 Å². The molecule has 0 aliphatic heterocycles. The first-order chi connectivity index (χ1) is 12.1. The van der Waals surface area contributed by atoms with E-state index in [9.17, 15) is 4.79 Å². The highest BCUT2D eigenvalue weighted by Crippen LogP contribution is 2.19. The second kappa shape index (κ2) is 7.49. The zero-order chi connectivity index (χ0) is 17.6. The smallest absolute Gasteiger partial charge is 0.274 e. The molecule has 3 aromatic rings. The van der Waals surface area contributed by atoms with Crippen molar-refractivity contribution >= 4 is 23.0 Å². The third-order valence-electron chi connectivity index (χ3n) is 3.66. The van der Waals surface area contributed by atoms with Crippen molar-refractivity contribution in [2.45, 2.75) is 6.92 Å². The number of anilines is 3. The average molecular weight is 333 g/mol. The summed E-state index contributed by atoms with van der Waals surface area (Å²) in [6.07, 6.45) is 1.64. The number of amides is 1. The molecule has 0 unspecified atom stereocenters. The highest BCUT2D eigenvalue weighted by atomic mass is 16.5. The SMILES string of the molecule is COc1cccc(NC(=O)c2ccc(Nc3ccc(C)cc3)cn2)c1. The molecule has 1 heterocycles. The number of methoxy groups -OCH3 is 1. The molecular formula is C20H19N3O2. The molecule has 126 valence electrons. The molecular weight excluding hydrogens is 314 g/mol. The highest BCUT2D eigenvalue weighted by molar-refractivity contribution is 6.03. The Morgan fingerprint density at radius 3 is 2.40 bits per heavy atom. The lowest BCUT2D eigenvalue weighted by atomic mass is 10.2. The fraction of sp³-hybridized carbons (Fsp3) is 0.100. The Balaban J connectivity index is 1.66. The summed E-state index contributed by atoms with van der Waals surface area (Å²) in [4.78, 5) is 16.5. The minimum absolute atomic E-state index is 0.268. The minimum atomic E-state index is -0.268. The monoisotopic (exact) mass is 333 g/mol. The lowest BCUT2D eigenvalue weighted by molar-refractivity contribution is 0.102. The molecule has 0 aliphatic rings. The number of nitrogens with one attached hydrogen (secondary N) is 2. The number of aryl methyl sites for hydroxylation is 1. The molecule has 5 nitrogen and oxygen atoms in total. The molecule has 3 rings (SSSR count). The number of benzene rings is 2. The van der Waals surface area contributed by atoms with E-state index in [4.69, 9.17) is 4.74 Å². The summed E-state index contributed by atoms with van der Waals surface area (Å²) in [5, 5.41) is 6.06. The van der Waals surface area contributed by atoms with Gasteiger partial charge in [0.05, 0.1) is 19.0 Å². The van der Waals surface area contributed by atoms with Crippen molar-refractivity contribution in [3.8, 4) is 5.75 Å². The van der Waals surface area contributed by atoms with Gasteiger partial charge < -0.3 is 15.4 Å². The number of nitrogens with zero attached hydrogens (tertiary/aromatic N) is 1. The first-order valence-electron chi connectivity index (χ1n) is 7.89. The maximum Gasteiger partial charge on any atom is 0.274 e. The third kappa shape index (κ3) is 4.35. The van der Waals surface area contributed by atoms with E-state index >= 15 is 0 Å². The third-order valence-corrected chi connectivity index (χ3v) is 3.66. The molecule has 1 amide bonds. The fourth-order valence-electron chi connectivity index (χ4n) is 2.30. The lowest BCUT2D eigenvalue weighted by Gasteiger charge is -2.08. The molecule has 1 aromatic heterocycles. The highest BCUT2D eigenvalue weighted by Gasteiger charge is 2.08. The number of hydrogen-bond acceptors (Lipinski definition) is 4. The molecule has 0 aliphatic carbocycles. The maximum atomic E-state index is 12.3. The van der Waals surface area contributed by atoms with Crippen molar-refractivity contribution in [2.24, 2.45) is 0 Å². The summed E-state index contributed by atoms with van der Waals surface area (Å²) < 4.78 is 5.15. The predicted octanol–water partition coefficient (Wildman–Crippen LogP) is 4.39. The second-order valence-corrected chi connectivity index (χ2v) is 5.61. The van der Waals surface area contributed by atoms with E-state index in [1.54, 1.807) is 31.5 Å². The predicted molar refractivity (Wildman–Crippen MR) is 99.6 cm³/mol. The van der Waals surface area contributed by atoms with E-state index < -0.39 is 0 Å². The number of carbonyl (C=O) groups is 1. The molecule has 0 fully saturated rings. The number of pyridine rings is 1. The summed E-state index contributed by atoms with van der Waals surface area (Å²) in [6.45, 7) is 2.04. The normalized spacial score (nSPS) is 10.2. The molecule has 2 aromatic carbocycles. The quantitative estimate of drug-likeness (QED) is 0.727. The Morgan fingerprint density at radius 1 is 0.960 bits per heavy atom. The van der Waals surface area contributed by atoms with E-state index in [-0.39, 0.29) is 5.91 Å². The van der Waals surface area contributed by atoms with Crippen LogP contribution in [0, 0.1) is 6.92 Å². The van der Waals surface area contributed by atoms with Crippen LogP contribution < -0.4 is 15.4 Å².